The van der Waals surface area contributed by atoms with Gasteiger partial charge in [0.1, 0.15) is 0 Å². The van der Waals surface area contributed by atoms with E-state index in [1.165, 1.54) is 32.2 Å². The van der Waals surface area contributed by atoms with Gasteiger partial charge in [-0.25, -0.2) is 0 Å². The van der Waals surface area contributed by atoms with Gasteiger partial charge < -0.3 is 9.80 Å². The summed E-state index contributed by atoms with van der Waals surface area (Å²) in [7, 11) is 2.21. The molecule has 1 saturated heterocycles. The number of para-hydroxylation sites is 1. The lowest BCUT2D eigenvalue weighted by atomic mass is 10.1. The zero-order valence-corrected chi connectivity index (χ0v) is 15.4. The van der Waals surface area contributed by atoms with E-state index in [9.17, 15) is 0 Å². The van der Waals surface area contributed by atoms with Gasteiger partial charge in [0, 0.05) is 36.0 Å². The van der Waals surface area contributed by atoms with Crippen molar-refractivity contribution >= 4 is 17.4 Å². The maximum atomic E-state index is 2.56. The van der Waals surface area contributed by atoms with Crippen molar-refractivity contribution in [3.8, 4) is 0 Å². The maximum absolute atomic E-state index is 2.56. The predicted molar refractivity (Wildman–Crippen MR) is 101 cm³/mol. The van der Waals surface area contributed by atoms with Gasteiger partial charge in [-0.15, -0.1) is 0 Å². The summed E-state index contributed by atoms with van der Waals surface area (Å²) >= 11 is 1.90. The van der Waals surface area contributed by atoms with Crippen LogP contribution in [0.3, 0.4) is 0 Å². The number of aryl methyl sites for hydroxylation is 3. The highest BCUT2D eigenvalue weighted by Gasteiger charge is 2.19. The molecule has 0 radical (unpaired) electrons. The summed E-state index contributed by atoms with van der Waals surface area (Å²) in [6, 6.07) is 13.4. The van der Waals surface area contributed by atoms with Gasteiger partial charge in [0.25, 0.3) is 0 Å². The lowest BCUT2D eigenvalue weighted by Crippen LogP contribution is -2.44. The fraction of sp³-hybridized carbons (Fsp3) is 0.400. The van der Waals surface area contributed by atoms with Crippen molar-refractivity contribution in [2.75, 3.05) is 38.1 Å². The molecule has 0 N–H and O–H groups in total. The van der Waals surface area contributed by atoms with Crippen molar-refractivity contribution in [3.05, 3.63) is 53.1 Å². The standard InChI is InChI=1S/C20H26N2S/c1-15-8-9-18(17(3)14-15)23-19-7-5-6-16(2)20(19)22-12-10-21(4)11-13-22/h5-9,14H,10-13H2,1-4H3. The number of hydrogen-bond donors (Lipinski definition) is 0. The van der Waals surface area contributed by atoms with Gasteiger partial charge in [-0.05, 0) is 51.1 Å². The molecule has 2 nitrogen and oxygen atoms in total. The van der Waals surface area contributed by atoms with Crippen LogP contribution in [0.15, 0.2) is 46.2 Å². The first kappa shape index (κ1) is 16.4. The summed E-state index contributed by atoms with van der Waals surface area (Å²) in [5, 5.41) is 0. The van der Waals surface area contributed by atoms with E-state index in [0.29, 0.717) is 0 Å². The zero-order chi connectivity index (χ0) is 16.4. The topological polar surface area (TPSA) is 6.48 Å². The van der Waals surface area contributed by atoms with Crippen LogP contribution < -0.4 is 4.90 Å². The van der Waals surface area contributed by atoms with E-state index in [-0.39, 0.29) is 0 Å². The van der Waals surface area contributed by atoms with Crippen LogP contribution in [-0.2, 0) is 0 Å². The molecule has 3 rings (SSSR count). The molecule has 2 aromatic rings. The first-order valence-corrected chi connectivity index (χ1v) is 9.14. The molecule has 0 bridgehead atoms. The highest BCUT2D eigenvalue weighted by atomic mass is 32.2. The number of nitrogens with zero attached hydrogens (tertiary/aromatic N) is 2. The van der Waals surface area contributed by atoms with Gasteiger partial charge in [0.05, 0.1) is 5.69 Å². The molecular formula is C20H26N2S. The predicted octanol–water partition coefficient (Wildman–Crippen LogP) is 4.51. The molecule has 122 valence electrons. The Morgan fingerprint density at radius 1 is 0.826 bits per heavy atom. The smallest absolute Gasteiger partial charge is 0.0538 e. The second kappa shape index (κ2) is 6.98. The van der Waals surface area contributed by atoms with E-state index in [0.717, 1.165) is 26.2 Å². The van der Waals surface area contributed by atoms with E-state index in [1.807, 2.05) is 11.8 Å². The molecule has 23 heavy (non-hydrogen) atoms. The molecule has 3 heteroatoms. The molecule has 0 unspecified atom stereocenters. The molecule has 0 spiro atoms. The number of hydrogen-bond acceptors (Lipinski definition) is 3. The van der Waals surface area contributed by atoms with Gasteiger partial charge in [-0.2, -0.15) is 0 Å². The van der Waals surface area contributed by atoms with Crippen LogP contribution in [0.5, 0.6) is 0 Å². The average Bonchev–Trinajstić information content (AvgIpc) is 2.52. The Labute approximate surface area is 144 Å². The van der Waals surface area contributed by atoms with Gasteiger partial charge in [-0.3, -0.25) is 0 Å². The number of likely N-dealkylation sites (N-methyl/N-ethyl adjacent to an activating group) is 1. The number of benzene rings is 2. The summed E-state index contributed by atoms with van der Waals surface area (Å²) in [6.45, 7) is 11.1. The Kier molecular flexibility index (Phi) is 4.98. The van der Waals surface area contributed by atoms with E-state index in [2.05, 4.69) is 74.0 Å². The summed E-state index contributed by atoms with van der Waals surface area (Å²) in [4.78, 5) is 7.70. The van der Waals surface area contributed by atoms with Crippen LogP contribution in [0.4, 0.5) is 5.69 Å². The number of rotatable bonds is 3. The van der Waals surface area contributed by atoms with Crippen molar-refractivity contribution < 1.29 is 0 Å². The van der Waals surface area contributed by atoms with E-state index >= 15 is 0 Å². The molecule has 0 saturated carbocycles. The summed E-state index contributed by atoms with van der Waals surface area (Å²) in [5.74, 6) is 0. The first-order valence-electron chi connectivity index (χ1n) is 8.33. The SMILES string of the molecule is Cc1ccc(Sc2cccc(C)c2N2CCN(C)CC2)c(C)c1. The fourth-order valence-electron chi connectivity index (χ4n) is 3.18. The minimum absolute atomic E-state index is 1.11. The average molecular weight is 327 g/mol. The molecule has 1 fully saturated rings. The Balaban J connectivity index is 1.91. The normalized spacial score (nSPS) is 15.9. The highest BCUT2D eigenvalue weighted by molar-refractivity contribution is 7.99. The second-order valence-electron chi connectivity index (χ2n) is 6.58. The fourth-order valence-corrected chi connectivity index (χ4v) is 4.31. The van der Waals surface area contributed by atoms with Gasteiger partial charge >= 0.3 is 0 Å². The Morgan fingerprint density at radius 3 is 2.26 bits per heavy atom. The minimum atomic E-state index is 1.11. The summed E-state index contributed by atoms with van der Waals surface area (Å²) in [5.41, 5.74) is 5.49. The molecule has 1 aliphatic rings. The summed E-state index contributed by atoms with van der Waals surface area (Å²) < 4.78 is 0. The molecular weight excluding hydrogens is 300 g/mol. The molecule has 0 atom stereocenters. The van der Waals surface area contributed by atoms with Crippen molar-refractivity contribution in [1.29, 1.82) is 0 Å². The van der Waals surface area contributed by atoms with Crippen LogP contribution in [0, 0.1) is 20.8 Å². The monoisotopic (exact) mass is 326 g/mol. The molecule has 0 aromatic heterocycles. The minimum Gasteiger partial charge on any atom is -0.368 e. The van der Waals surface area contributed by atoms with Crippen molar-refractivity contribution in [2.45, 2.75) is 30.6 Å². The van der Waals surface area contributed by atoms with Gasteiger partial charge in [0.15, 0.2) is 0 Å². The third-order valence-electron chi connectivity index (χ3n) is 4.57. The largest absolute Gasteiger partial charge is 0.368 e. The molecule has 2 aromatic carbocycles. The Hall–Kier alpha value is -1.45. The molecule has 1 heterocycles. The van der Waals surface area contributed by atoms with Crippen molar-refractivity contribution in [2.24, 2.45) is 0 Å². The second-order valence-corrected chi connectivity index (χ2v) is 7.67. The lowest BCUT2D eigenvalue weighted by Gasteiger charge is -2.36. The van der Waals surface area contributed by atoms with Crippen LogP contribution in [0.2, 0.25) is 0 Å². The third kappa shape index (κ3) is 3.73. The maximum Gasteiger partial charge on any atom is 0.0538 e. The summed E-state index contributed by atoms with van der Waals surface area (Å²) in [6.07, 6.45) is 0. The molecule has 0 aliphatic carbocycles. The van der Waals surface area contributed by atoms with Crippen LogP contribution in [-0.4, -0.2) is 38.1 Å². The zero-order valence-electron chi connectivity index (χ0n) is 14.6. The van der Waals surface area contributed by atoms with Crippen molar-refractivity contribution in [1.82, 2.24) is 4.90 Å². The highest BCUT2D eigenvalue weighted by Crippen LogP contribution is 2.39. The van der Waals surface area contributed by atoms with Crippen LogP contribution >= 0.6 is 11.8 Å². The number of anilines is 1. The molecule has 0 amide bonds. The van der Waals surface area contributed by atoms with E-state index in [1.54, 1.807) is 0 Å². The van der Waals surface area contributed by atoms with Crippen LogP contribution in [0.1, 0.15) is 16.7 Å². The van der Waals surface area contributed by atoms with E-state index < -0.39 is 0 Å². The molecule has 1 aliphatic heterocycles. The number of piperazine rings is 1. The third-order valence-corrected chi connectivity index (χ3v) is 5.80. The first-order chi connectivity index (χ1) is 11.0. The van der Waals surface area contributed by atoms with Crippen LogP contribution in [0.25, 0.3) is 0 Å². The lowest BCUT2D eigenvalue weighted by molar-refractivity contribution is 0.312. The van der Waals surface area contributed by atoms with E-state index in [4.69, 9.17) is 0 Å². The Bertz CT molecular complexity index is 688. The van der Waals surface area contributed by atoms with Gasteiger partial charge in [-0.1, -0.05) is 41.6 Å². The van der Waals surface area contributed by atoms with Crippen molar-refractivity contribution in [3.63, 3.8) is 0 Å². The quantitative estimate of drug-likeness (QED) is 0.819. The van der Waals surface area contributed by atoms with Gasteiger partial charge in [0.2, 0.25) is 0 Å². The Morgan fingerprint density at radius 2 is 1.57 bits per heavy atom.